The van der Waals surface area contributed by atoms with Crippen LogP contribution in [0.5, 0.6) is 0 Å². The predicted molar refractivity (Wildman–Crippen MR) is 75.5 cm³/mol. The summed E-state index contributed by atoms with van der Waals surface area (Å²) in [7, 11) is 0. The second-order valence-electron chi connectivity index (χ2n) is 4.58. The summed E-state index contributed by atoms with van der Waals surface area (Å²) >= 11 is 0. The molecule has 1 aromatic heterocycles. The molecule has 0 fully saturated rings. The monoisotopic (exact) mass is 253 g/mol. The molecule has 1 atom stereocenters. The lowest BCUT2D eigenvalue weighted by molar-refractivity contribution is 0.474. The minimum atomic E-state index is -0.254. The summed E-state index contributed by atoms with van der Waals surface area (Å²) in [5.74, 6) is 0.546. The lowest BCUT2D eigenvalue weighted by Crippen LogP contribution is -2.13. The Balaban J connectivity index is 1.87. The van der Waals surface area contributed by atoms with Gasteiger partial charge in [-0.05, 0) is 30.2 Å². The summed E-state index contributed by atoms with van der Waals surface area (Å²) < 4.78 is 5.67. The maximum absolute atomic E-state index is 6.14. The number of aromatic nitrogens is 1. The molecule has 0 bridgehead atoms. The third-order valence-corrected chi connectivity index (χ3v) is 3.04. The molecule has 1 heterocycles. The molecule has 4 N–H and O–H groups in total. The van der Waals surface area contributed by atoms with Crippen LogP contribution in [0.2, 0.25) is 0 Å². The highest BCUT2D eigenvalue weighted by molar-refractivity contribution is 5.76. The molecule has 3 rings (SSSR count). The third kappa shape index (κ3) is 2.44. The van der Waals surface area contributed by atoms with Gasteiger partial charge < -0.3 is 15.9 Å². The normalized spacial score (nSPS) is 12.7. The van der Waals surface area contributed by atoms with E-state index in [1.807, 2.05) is 36.4 Å². The van der Waals surface area contributed by atoms with E-state index in [0.717, 1.165) is 11.1 Å². The molecule has 96 valence electrons. The van der Waals surface area contributed by atoms with Gasteiger partial charge in [0.05, 0.1) is 6.04 Å². The Morgan fingerprint density at radius 2 is 1.89 bits per heavy atom. The maximum atomic E-state index is 6.14. The van der Waals surface area contributed by atoms with Crippen LogP contribution in [0.4, 0.5) is 5.69 Å². The number of nitrogen functional groups attached to an aromatic ring is 1. The number of rotatable bonds is 3. The first kappa shape index (κ1) is 11.7. The fraction of sp³-hybridized carbons (Fsp3) is 0.133. The van der Waals surface area contributed by atoms with Crippen LogP contribution in [0.25, 0.3) is 11.1 Å². The Morgan fingerprint density at radius 3 is 2.68 bits per heavy atom. The van der Waals surface area contributed by atoms with E-state index in [2.05, 4.69) is 4.98 Å². The van der Waals surface area contributed by atoms with Crippen LogP contribution in [-0.4, -0.2) is 4.98 Å². The van der Waals surface area contributed by atoms with Gasteiger partial charge in [0, 0.05) is 5.69 Å². The predicted octanol–water partition coefficient (Wildman–Crippen LogP) is 2.65. The topological polar surface area (TPSA) is 78.1 Å². The van der Waals surface area contributed by atoms with Crippen molar-refractivity contribution in [2.45, 2.75) is 12.5 Å². The quantitative estimate of drug-likeness (QED) is 0.703. The van der Waals surface area contributed by atoms with Crippen LogP contribution in [-0.2, 0) is 6.42 Å². The average Bonchev–Trinajstić information content (AvgIpc) is 2.83. The van der Waals surface area contributed by atoms with Gasteiger partial charge in [0.25, 0.3) is 0 Å². The molecule has 1 unspecified atom stereocenters. The number of benzene rings is 2. The number of hydrogen-bond acceptors (Lipinski definition) is 4. The third-order valence-electron chi connectivity index (χ3n) is 3.04. The van der Waals surface area contributed by atoms with Gasteiger partial charge in [-0.3, -0.25) is 0 Å². The average molecular weight is 253 g/mol. The largest absolute Gasteiger partial charge is 0.439 e. The minimum absolute atomic E-state index is 0.254. The van der Waals surface area contributed by atoms with E-state index in [0.29, 0.717) is 23.6 Å². The maximum Gasteiger partial charge on any atom is 0.212 e. The van der Waals surface area contributed by atoms with Crippen LogP contribution in [0.3, 0.4) is 0 Å². The van der Waals surface area contributed by atoms with Gasteiger partial charge in [-0.1, -0.05) is 30.3 Å². The Hall–Kier alpha value is -2.33. The summed E-state index contributed by atoms with van der Waals surface area (Å²) in [6.45, 7) is 0. The number of hydrogen-bond donors (Lipinski definition) is 2. The first-order valence-electron chi connectivity index (χ1n) is 6.18. The molecule has 3 aromatic rings. The van der Waals surface area contributed by atoms with E-state index in [1.165, 1.54) is 0 Å². The zero-order valence-electron chi connectivity index (χ0n) is 10.4. The van der Waals surface area contributed by atoms with E-state index in [1.54, 1.807) is 12.1 Å². The van der Waals surface area contributed by atoms with Crippen molar-refractivity contribution in [3.63, 3.8) is 0 Å². The van der Waals surface area contributed by atoms with Gasteiger partial charge in [0.1, 0.15) is 5.52 Å². The molecule has 0 saturated heterocycles. The molecule has 0 spiro atoms. The molecule has 19 heavy (non-hydrogen) atoms. The zero-order chi connectivity index (χ0) is 13.2. The van der Waals surface area contributed by atoms with Crippen molar-refractivity contribution < 1.29 is 4.42 Å². The van der Waals surface area contributed by atoms with Crippen LogP contribution in [0.1, 0.15) is 17.5 Å². The van der Waals surface area contributed by atoms with Crippen molar-refractivity contribution in [3.05, 3.63) is 60.0 Å². The van der Waals surface area contributed by atoms with Gasteiger partial charge in [-0.15, -0.1) is 0 Å². The molecule has 0 saturated carbocycles. The summed E-state index contributed by atoms with van der Waals surface area (Å²) in [5, 5.41) is 0. The lowest BCUT2D eigenvalue weighted by atomic mass is 10.1. The fourth-order valence-electron chi connectivity index (χ4n) is 2.08. The van der Waals surface area contributed by atoms with Crippen molar-refractivity contribution in [1.29, 1.82) is 0 Å². The second kappa shape index (κ2) is 4.74. The Kier molecular flexibility index (Phi) is 2.93. The molecule has 0 aliphatic carbocycles. The van der Waals surface area contributed by atoms with Crippen LogP contribution < -0.4 is 11.5 Å². The van der Waals surface area contributed by atoms with E-state index in [9.17, 15) is 0 Å². The standard InChI is InChI=1S/C15H15N3O/c16-11-6-7-14-13(9-11)18-15(19-14)12(17)8-10-4-2-1-3-5-10/h1-7,9,12H,8,16-17H2. The van der Waals surface area contributed by atoms with Crippen molar-refractivity contribution in [2.75, 3.05) is 5.73 Å². The van der Waals surface area contributed by atoms with Crippen molar-refractivity contribution in [3.8, 4) is 0 Å². The SMILES string of the molecule is Nc1ccc2oc(C(N)Cc3ccccc3)nc2c1. The molecule has 0 aliphatic heterocycles. The molecule has 2 aromatic carbocycles. The molecule has 0 aliphatic rings. The highest BCUT2D eigenvalue weighted by Crippen LogP contribution is 2.22. The van der Waals surface area contributed by atoms with Crippen molar-refractivity contribution in [1.82, 2.24) is 4.98 Å². The summed E-state index contributed by atoms with van der Waals surface area (Å²) in [6.07, 6.45) is 0.698. The van der Waals surface area contributed by atoms with Crippen molar-refractivity contribution >= 4 is 16.8 Å². The first-order valence-corrected chi connectivity index (χ1v) is 6.18. The van der Waals surface area contributed by atoms with E-state index >= 15 is 0 Å². The molecular formula is C15H15N3O. The summed E-state index contributed by atoms with van der Waals surface area (Å²) in [5.41, 5.74) is 15.2. The second-order valence-corrected chi connectivity index (χ2v) is 4.58. The lowest BCUT2D eigenvalue weighted by Gasteiger charge is -2.06. The fourth-order valence-corrected chi connectivity index (χ4v) is 2.08. The van der Waals surface area contributed by atoms with Gasteiger partial charge in [0.15, 0.2) is 5.58 Å². The van der Waals surface area contributed by atoms with Crippen LogP contribution in [0, 0.1) is 0 Å². The molecule has 0 radical (unpaired) electrons. The van der Waals surface area contributed by atoms with Gasteiger partial charge >= 0.3 is 0 Å². The molecule has 4 heteroatoms. The molecule has 0 amide bonds. The molecule has 4 nitrogen and oxygen atoms in total. The van der Waals surface area contributed by atoms with Gasteiger partial charge in [0.2, 0.25) is 5.89 Å². The number of nitrogens with zero attached hydrogens (tertiary/aromatic N) is 1. The number of oxazole rings is 1. The van der Waals surface area contributed by atoms with Gasteiger partial charge in [-0.2, -0.15) is 0 Å². The highest BCUT2D eigenvalue weighted by atomic mass is 16.3. The Morgan fingerprint density at radius 1 is 1.11 bits per heavy atom. The minimum Gasteiger partial charge on any atom is -0.439 e. The van der Waals surface area contributed by atoms with E-state index < -0.39 is 0 Å². The number of anilines is 1. The number of fused-ring (bicyclic) bond motifs is 1. The summed E-state index contributed by atoms with van der Waals surface area (Å²) in [4.78, 5) is 4.40. The Bertz CT molecular complexity index is 691. The number of nitrogens with two attached hydrogens (primary N) is 2. The smallest absolute Gasteiger partial charge is 0.212 e. The summed E-state index contributed by atoms with van der Waals surface area (Å²) in [6, 6.07) is 15.2. The van der Waals surface area contributed by atoms with E-state index in [-0.39, 0.29) is 6.04 Å². The molecular weight excluding hydrogens is 238 g/mol. The van der Waals surface area contributed by atoms with Crippen molar-refractivity contribution in [2.24, 2.45) is 5.73 Å². The first-order chi connectivity index (χ1) is 9.22. The van der Waals surface area contributed by atoms with Crippen LogP contribution in [0.15, 0.2) is 52.9 Å². The van der Waals surface area contributed by atoms with Crippen LogP contribution >= 0.6 is 0 Å². The van der Waals surface area contributed by atoms with E-state index in [4.69, 9.17) is 15.9 Å². The highest BCUT2D eigenvalue weighted by Gasteiger charge is 2.14. The van der Waals surface area contributed by atoms with Gasteiger partial charge in [-0.25, -0.2) is 4.98 Å². The Labute approximate surface area is 111 Å². The zero-order valence-corrected chi connectivity index (χ0v) is 10.4.